The maximum atomic E-state index is 11.5. The van der Waals surface area contributed by atoms with Crippen molar-refractivity contribution in [3.8, 4) is 6.07 Å². The maximum Gasteiger partial charge on any atom is 0.335 e. The molecule has 3 saturated heterocycles. The lowest BCUT2D eigenvalue weighted by atomic mass is 9.92. The standard InChI is InChI=1S/C28H30N4O5S/c29-13-18-9-17(27(33)34)10-23-25(18)30-28(38-23)32-19-3-4-20(32)12-21(11-19)36-14-22-24(15-5-7-35-8-6-15)31-37-26(22)16-1-2-16/h9-10,15-16,19-21H,1-8,11-12,14H2,(H,33,34). The van der Waals surface area contributed by atoms with Crippen LogP contribution in [0.4, 0.5) is 5.13 Å². The highest BCUT2D eigenvalue weighted by Gasteiger charge is 2.43. The van der Waals surface area contributed by atoms with Crippen LogP contribution >= 0.6 is 11.3 Å². The molecule has 0 amide bonds. The number of aromatic carboxylic acids is 1. The average molecular weight is 535 g/mol. The highest BCUT2D eigenvalue weighted by atomic mass is 32.1. The molecule has 1 aliphatic carbocycles. The minimum absolute atomic E-state index is 0.124. The molecule has 2 aromatic heterocycles. The molecule has 38 heavy (non-hydrogen) atoms. The van der Waals surface area contributed by atoms with Crippen LogP contribution in [0.5, 0.6) is 0 Å². The van der Waals surface area contributed by atoms with Crippen molar-refractivity contribution in [1.82, 2.24) is 10.1 Å². The normalized spacial score (nSPS) is 25.7. The molecule has 2 atom stereocenters. The molecule has 0 spiro atoms. The largest absolute Gasteiger partial charge is 0.478 e. The number of fused-ring (bicyclic) bond motifs is 3. The number of aromatic nitrogens is 2. The van der Waals surface area contributed by atoms with Gasteiger partial charge in [-0.15, -0.1) is 0 Å². The molecule has 198 valence electrons. The lowest BCUT2D eigenvalue weighted by molar-refractivity contribution is 0.0137. The average Bonchev–Trinajstić information content (AvgIpc) is 3.44. The van der Waals surface area contributed by atoms with Gasteiger partial charge in [0.15, 0.2) is 5.13 Å². The molecule has 3 aliphatic heterocycles. The summed E-state index contributed by atoms with van der Waals surface area (Å²) < 4.78 is 18.8. The summed E-state index contributed by atoms with van der Waals surface area (Å²) in [7, 11) is 0. The number of anilines is 1. The van der Waals surface area contributed by atoms with Gasteiger partial charge in [0.2, 0.25) is 0 Å². The zero-order valence-corrected chi connectivity index (χ0v) is 21.9. The van der Waals surface area contributed by atoms with Gasteiger partial charge in [0.05, 0.1) is 34.2 Å². The van der Waals surface area contributed by atoms with E-state index < -0.39 is 5.97 Å². The quantitative estimate of drug-likeness (QED) is 0.428. The molecule has 9 nitrogen and oxygen atoms in total. The molecule has 7 rings (SSSR count). The number of nitriles is 1. The van der Waals surface area contributed by atoms with Crippen molar-refractivity contribution in [3.05, 3.63) is 40.3 Å². The van der Waals surface area contributed by atoms with Crippen LogP contribution in [0.15, 0.2) is 16.7 Å². The third-order valence-electron chi connectivity index (χ3n) is 8.63. The summed E-state index contributed by atoms with van der Waals surface area (Å²) in [5, 5.41) is 24.4. The predicted octanol–water partition coefficient (Wildman–Crippen LogP) is 5.34. The number of piperidine rings is 1. The van der Waals surface area contributed by atoms with Crippen LogP contribution in [0.2, 0.25) is 0 Å². The van der Waals surface area contributed by atoms with Crippen LogP contribution in [0.3, 0.4) is 0 Å². The molecule has 2 bridgehead atoms. The molecule has 1 aromatic carbocycles. The summed E-state index contributed by atoms with van der Waals surface area (Å²) in [4.78, 5) is 18.7. The van der Waals surface area contributed by atoms with E-state index in [1.54, 1.807) is 6.07 Å². The Bertz CT molecular complexity index is 1400. The number of carboxylic acids is 1. The fourth-order valence-electron chi connectivity index (χ4n) is 6.55. The second-order valence-corrected chi connectivity index (χ2v) is 12.1. The molecule has 1 saturated carbocycles. The van der Waals surface area contributed by atoms with Crippen LogP contribution < -0.4 is 4.90 Å². The fourth-order valence-corrected chi connectivity index (χ4v) is 7.73. The second-order valence-electron chi connectivity index (χ2n) is 11.1. The van der Waals surface area contributed by atoms with Gasteiger partial charge in [0, 0.05) is 42.7 Å². The third kappa shape index (κ3) is 4.27. The summed E-state index contributed by atoms with van der Waals surface area (Å²) in [6, 6.07) is 5.81. The molecule has 4 fully saturated rings. The number of hydrogen-bond donors (Lipinski definition) is 1. The molecule has 1 N–H and O–H groups in total. The van der Waals surface area contributed by atoms with Crippen molar-refractivity contribution in [3.63, 3.8) is 0 Å². The summed E-state index contributed by atoms with van der Waals surface area (Å²) >= 11 is 1.48. The van der Waals surface area contributed by atoms with Gasteiger partial charge in [-0.25, -0.2) is 9.78 Å². The SMILES string of the molecule is N#Cc1cc(C(=O)O)cc2sc(N3C4CCC3CC(OCc3c(C5CCOCC5)noc3C3CC3)C4)nc12. The number of benzene rings is 1. The zero-order chi connectivity index (χ0) is 25.8. The van der Waals surface area contributed by atoms with Gasteiger partial charge in [0.25, 0.3) is 0 Å². The third-order valence-corrected chi connectivity index (χ3v) is 9.65. The summed E-state index contributed by atoms with van der Waals surface area (Å²) in [6.45, 7) is 2.10. The van der Waals surface area contributed by atoms with Gasteiger partial charge >= 0.3 is 5.97 Å². The molecule has 3 aromatic rings. The van der Waals surface area contributed by atoms with E-state index in [0.717, 1.165) is 73.0 Å². The van der Waals surface area contributed by atoms with Gasteiger partial charge in [-0.05, 0) is 63.5 Å². The molecular weight excluding hydrogens is 504 g/mol. The first kappa shape index (κ1) is 24.1. The minimum atomic E-state index is -1.03. The Balaban J connectivity index is 1.08. The first-order valence-corrected chi connectivity index (χ1v) is 14.4. The van der Waals surface area contributed by atoms with Gasteiger partial charge < -0.3 is 24.0 Å². The van der Waals surface area contributed by atoms with E-state index in [-0.39, 0.29) is 11.7 Å². The van der Waals surface area contributed by atoms with Crippen molar-refractivity contribution >= 4 is 32.7 Å². The predicted molar refractivity (Wildman–Crippen MR) is 140 cm³/mol. The number of nitrogens with zero attached hydrogens (tertiary/aromatic N) is 4. The zero-order valence-electron chi connectivity index (χ0n) is 21.1. The number of thiazole rings is 1. The molecule has 0 radical (unpaired) electrons. The van der Waals surface area contributed by atoms with Gasteiger partial charge in [-0.3, -0.25) is 0 Å². The number of ether oxygens (including phenoxy) is 2. The van der Waals surface area contributed by atoms with Gasteiger partial charge in [-0.1, -0.05) is 16.5 Å². The highest BCUT2D eigenvalue weighted by Crippen LogP contribution is 2.46. The lowest BCUT2D eigenvalue weighted by Crippen LogP contribution is -2.45. The number of hydrogen-bond acceptors (Lipinski definition) is 9. The number of rotatable bonds is 7. The van der Waals surface area contributed by atoms with E-state index in [1.807, 2.05) is 0 Å². The Hall–Kier alpha value is -3.00. The topological polar surface area (TPSA) is 122 Å². The van der Waals surface area contributed by atoms with Crippen molar-refractivity contribution in [2.75, 3.05) is 18.1 Å². The molecule has 10 heteroatoms. The van der Waals surface area contributed by atoms with Crippen LogP contribution in [-0.2, 0) is 16.1 Å². The van der Waals surface area contributed by atoms with E-state index in [2.05, 4.69) is 16.1 Å². The summed E-state index contributed by atoms with van der Waals surface area (Å²) in [5.41, 5.74) is 3.29. The smallest absolute Gasteiger partial charge is 0.335 e. The van der Waals surface area contributed by atoms with E-state index in [1.165, 1.54) is 35.8 Å². The highest BCUT2D eigenvalue weighted by molar-refractivity contribution is 7.22. The lowest BCUT2D eigenvalue weighted by Gasteiger charge is -2.38. The fraction of sp³-hybridized carbons (Fsp3) is 0.571. The first-order valence-electron chi connectivity index (χ1n) is 13.6. The maximum absolute atomic E-state index is 11.5. The van der Waals surface area contributed by atoms with Crippen LogP contribution in [0, 0.1) is 11.3 Å². The molecule has 5 heterocycles. The first-order chi connectivity index (χ1) is 18.6. The van der Waals surface area contributed by atoms with E-state index in [9.17, 15) is 15.2 Å². The van der Waals surface area contributed by atoms with Crippen molar-refractivity contribution < 1.29 is 23.9 Å². The van der Waals surface area contributed by atoms with Crippen LogP contribution in [0.25, 0.3) is 10.2 Å². The molecular formula is C28H30N4O5S. The Morgan fingerprint density at radius 2 is 1.89 bits per heavy atom. The van der Waals surface area contributed by atoms with Crippen LogP contribution in [0.1, 0.15) is 96.1 Å². The minimum Gasteiger partial charge on any atom is -0.478 e. The molecule has 4 aliphatic rings. The van der Waals surface area contributed by atoms with Gasteiger partial charge in [-0.2, -0.15) is 5.26 Å². The number of carboxylic acid groups (broad SMARTS) is 1. The monoisotopic (exact) mass is 534 g/mol. The van der Waals surface area contributed by atoms with Crippen molar-refractivity contribution in [2.45, 2.75) is 88.0 Å². The van der Waals surface area contributed by atoms with E-state index >= 15 is 0 Å². The molecule has 2 unspecified atom stereocenters. The summed E-state index contributed by atoms with van der Waals surface area (Å²) in [6.07, 6.45) is 8.48. The Morgan fingerprint density at radius 1 is 1.13 bits per heavy atom. The Morgan fingerprint density at radius 3 is 2.58 bits per heavy atom. The Kier molecular flexibility index (Phi) is 6.10. The summed E-state index contributed by atoms with van der Waals surface area (Å²) in [5.74, 6) is 0.881. The second kappa shape index (κ2) is 9.63. The van der Waals surface area contributed by atoms with E-state index in [4.69, 9.17) is 19.0 Å². The van der Waals surface area contributed by atoms with Crippen LogP contribution in [-0.4, -0.2) is 52.6 Å². The van der Waals surface area contributed by atoms with Crippen molar-refractivity contribution in [2.24, 2.45) is 0 Å². The van der Waals surface area contributed by atoms with Crippen molar-refractivity contribution in [1.29, 1.82) is 5.26 Å². The number of carbonyl (C=O) groups is 1. The van der Waals surface area contributed by atoms with E-state index in [0.29, 0.717) is 41.6 Å². The Labute approximate surface area is 224 Å². The van der Waals surface area contributed by atoms with Gasteiger partial charge in [0.1, 0.15) is 17.3 Å².